The highest BCUT2D eigenvalue weighted by molar-refractivity contribution is 5.75. The predicted octanol–water partition coefficient (Wildman–Crippen LogP) is 0.541. The van der Waals surface area contributed by atoms with Crippen molar-refractivity contribution in [1.82, 2.24) is 10.6 Å². The van der Waals surface area contributed by atoms with Gasteiger partial charge in [0.05, 0.1) is 12.7 Å². The van der Waals surface area contributed by atoms with Gasteiger partial charge in [0.15, 0.2) is 0 Å². The summed E-state index contributed by atoms with van der Waals surface area (Å²) in [7, 11) is 0. The summed E-state index contributed by atoms with van der Waals surface area (Å²) in [6, 6.07) is 0. The Hall–Kier alpha value is -1.34. The molecule has 1 atom stereocenters. The molecule has 7 nitrogen and oxygen atoms in total. The van der Waals surface area contributed by atoms with E-state index in [0.29, 0.717) is 38.8 Å². The molecule has 0 rings (SSSR count). The van der Waals surface area contributed by atoms with Crippen LogP contribution in [0.4, 0.5) is 4.79 Å². The Bertz CT molecular complexity index is 315. The van der Waals surface area contributed by atoms with E-state index in [0.717, 1.165) is 0 Å². The maximum atomic E-state index is 11.4. The van der Waals surface area contributed by atoms with Gasteiger partial charge in [0, 0.05) is 19.5 Å². The molecule has 21 heavy (non-hydrogen) atoms. The van der Waals surface area contributed by atoms with Crippen molar-refractivity contribution >= 4 is 12.0 Å². The lowest BCUT2D eigenvalue weighted by Crippen LogP contribution is -2.34. The third kappa shape index (κ3) is 13.4. The van der Waals surface area contributed by atoms with Gasteiger partial charge in [0.2, 0.25) is 5.91 Å². The van der Waals surface area contributed by atoms with Gasteiger partial charge in [0.1, 0.15) is 5.60 Å². The van der Waals surface area contributed by atoms with E-state index < -0.39 is 17.8 Å². The average molecular weight is 304 g/mol. The highest BCUT2D eigenvalue weighted by Crippen LogP contribution is 2.06. The third-order valence-electron chi connectivity index (χ3n) is 2.50. The van der Waals surface area contributed by atoms with Crippen LogP contribution in [0.5, 0.6) is 0 Å². The molecule has 0 aliphatic rings. The molecule has 0 aliphatic carbocycles. The minimum Gasteiger partial charge on any atom is -0.444 e. The molecule has 7 heteroatoms. The van der Waals surface area contributed by atoms with E-state index in [1.165, 1.54) is 0 Å². The van der Waals surface area contributed by atoms with Gasteiger partial charge < -0.3 is 25.6 Å². The zero-order valence-electron chi connectivity index (χ0n) is 13.1. The number of alkyl carbamates (subject to hydrolysis) is 1. The summed E-state index contributed by atoms with van der Waals surface area (Å²) >= 11 is 0. The van der Waals surface area contributed by atoms with Crippen LogP contribution in [0.15, 0.2) is 0 Å². The minimum atomic E-state index is -0.754. The quantitative estimate of drug-likeness (QED) is 0.465. The van der Waals surface area contributed by atoms with Crippen LogP contribution in [0.3, 0.4) is 0 Å². The second-order valence-electron chi connectivity index (χ2n) is 5.86. The molecule has 0 aromatic carbocycles. The summed E-state index contributed by atoms with van der Waals surface area (Å²) in [5, 5.41) is 23.1. The Balaban J connectivity index is 3.50. The summed E-state index contributed by atoms with van der Waals surface area (Å²) in [4.78, 5) is 22.8. The maximum Gasteiger partial charge on any atom is 0.407 e. The van der Waals surface area contributed by atoms with Crippen molar-refractivity contribution in [3.63, 3.8) is 0 Å². The van der Waals surface area contributed by atoms with Crippen molar-refractivity contribution in [2.45, 2.75) is 58.2 Å². The molecule has 0 aliphatic heterocycles. The molecule has 0 saturated heterocycles. The van der Waals surface area contributed by atoms with Crippen LogP contribution in [0.2, 0.25) is 0 Å². The van der Waals surface area contributed by atoms with Crippen molar-refractivity contribution in [2.24, 2.45) is 0 Å². The van der Waals surface area contributed by atoms with Crippen LogP contribution in [0.1, 0.15) is 46.5 Å². The lowest BCUT2D eigenvalue weighted by Gasteiger charge is -2.19. The van der Waals surface area contributed by atoms with E-state index in [2.05, 4.69) is 10.6 Å². The molecule has 0 aromatic rings. The zero-order chi connectivity index (χ0) is 16.3. The Morgan fingerprint density at radius 3 is 2.33 bits per heavy atom. The Labute approximate surface area is 126 Å². The molecule has 0 spiro atoms. The van der Waals surface area contributed by atoms with Crippen LogP contribution in [-0.2, 0) is 9.53 Å². The van der Waals surface area contributed by atoms with Crippen LogP contribution in [-0.4, -0.2) is 53.6 Å². The van der Waals surface area contributed by atoms with Crippen LogP contribution >= 0.6 is 0 Å². The number of carbonyl (C=O) groups is 2. The number of aliphatic hydroxyl groups excluding tert-OH is 2. The van der Waals surface area contributed by atoms with Crippen molar-refractivity contribution < 1.29 is 24.5 Å². The molecule has 1 unspecified atom stereocenters. The molecule has 0 heterocycles. The predicted molar refractivity (Wildman–Crippen MR) is 78.8 cm³/mol. The topological polar surface area (TPSA) is 108 Å². The van der Waals surface area contributed by atoms with E-state index in [9.17, 15) is 9.59 Å². The number of rotatable bonds is 9. The first kappa shape index (κ1) is 19.7. The Morgan fingerprint density at radius 2 is 1.76 bits per heavy atom. The van der Waals surface area contributed by atoms with Gasteiger partial charge >= 0.3 is 6.09 Å². The first-order chi connectivity index (χ1) is 9.74. The number of amides is 2. The van der Waals surface area contributed by atoms with Gasteiger partial charge in [-0.05, 0) is 40.0 Å². The second-order valence-corrected chi connectivity index (χ2v) is 5.86. The molecule has 2 amide bonds. The van der Waals surface area contributed by atoms with Crippen molar-refractivity contribution in [3.05, 3.63) is 0 Å². The lowest BCUT2D eigenvalue weighted by atomic mass is 10.1. The number of hydrogen-bond donors (Lipinski definition) is 4. The van der Waals surface area contributed by atoms with Gasteiger partial charge in [-0.1, -0.05) is 0 Å². The SMILES string of the molecule is CC(C)(C)OC(=O)NCCCNC(=O)CCCC(O)CO. The highest BCUT2D eigenvalue weighted by Gasteiger charge is 2.15. The third-order valence-corrected chi connectivity index (χ3v) is 2.50. The fraction of sp³-hybridized carbons (Fsp3) is 0.857. The first-order valence-corrected chi connectivity index (χ1v) is 7.27. The monoisotopic (exact) mass is 304 g/mol. The number of ether oxygens (including phenoxy) is 1. The number of aliphatic hydroxyl groups is 2. The molecule has 124 valence electrons. The highest BCUT2D eigenvalue weighted by atomic mass is 16.6. The maximum absolute atomic E-state index is 11.4. The summed E-state index contributed by atoms with van der Waals surface area (Å²) in [6.07, 6.45) is 0.650. The lowest BCUT2D eigenvalue weighted by molar-refractivity contribution is -0.121. The number of carbonyl (C=O) groups excluding carboxylic acids is 2. The largest absolute Gasteiger partial charge is 0.444 e. The summed E-state index contributed by atoms with van der Waals surface area (Å²) in [5.74, 6) is -0.0996. The molecule has 0 radical (unpaired) electrons. The van der Waals surface area contributed by atoms with E-state index in [-0.39, 0.29) is 12.5 Å². The van der Waals surface area contributed by atoms with Crippen LogP contribution < -0.4 is 10.6 Å². The van der Waals surface area contributed by atoms with Crippen molar-refractivity contribution in [1.29, 1.82) is 0 Å². The molecule has 4 N–H and O–H groups in total. The van der Waals surface area contributed by atoms with E-state index in [4.69, 9.17) is 14.9 Å². The van der Waals surface area contributed by atoms with Gasteiger partial charge in [-0.3, -0.25) is 4.79 Å². The van der Waals surface area contributed by atoms with Gasteiger partial charge in [-0.15, -0.1) is 0 Å². The van der Waals surface area contributed by atoms with Crippen LogP contribution in [0.25, 0.3) is 0 Å². The molecule has 0 saturated carbocycles. The average Bonchev–Trinajstić information content (AvgIpc) is 2.35. The van der Waals surface area contributed by atoms with Gasteiger partial charge in [-0.2, -0.15) is 0 Å². The molecular formula is C14H28N2O5. The minimum absolute atomic E-state index is 0.0996. The number of hydrogen-bond acceptors (Lipinski definition) is 5. The van der Waals surface area contributed by atoms with E-state index in [1.54, 1.807) is 20.8 Å². The first-order valence-electron chi connectivity index (χ1n) is 7.27. The Morgan fingerprint density at radius 1 is 1.14 bits per heavy atom. The summed E-state index contributed by atoms with van der Waals surface area (Å²) < 4.78 is 5.07. The zero-order valence-corrected chi connectivity index (χ0v) is 13.1. The fourth-order valence-corrected chi connectivity index (χ4v) is 1.50. The summed E-state index contributed by atoms with van der Waals surface area (Å²) in [5.41, 5.74) is -0.516. The summed E-state index contributed by atoms with van der Waals surface area (Å²) in [6.45, 7) is 6.00. The molecule has 0 bridgehead atoms. The normalized spacial score (nSPS) is 12.6. The molecule has 0 fully saturated rings. The van der Waals surface area contributed by atoms with Gasteiger partial charge in [0.25, 0.3) is 0 Å². The smallest absolute Gasteiger partial charge is 0.407 e. The standard InChI is InChI=1S/C14H28N2O5/c1-14(2,3)21-13(20)16-9-5-8-15-12(19)7-4-6-11(18)10-17/h11,17-18H,4-10H2,1-3H3,(H,15,19)(H,16,20). The number of nitrogens with one attached hydrogen (secondary N) is 2. The molecular weight excluding hydrogens is 276 g/mol. The second kappa shape index (κ2) is 10.4. The van der Waals surface area contributed by atoms with E-state index >= 15 is 0 Å². The fourth-order valence-electron chi connectivity index (χ4n) is 1.50. The van der Waals surface area contributed by atoms with Gasteiger partial charge in [-0.25, -0.2) is 4.79 Å². The molecule has 0 aromatic heterocycles. The Kier molecular flexibility index (Phi) is 9.73. The van der Waals surface area contributed by atoms with E-state index in [1.807, 2.05) is 0 Å². The van der Waals surface area contributed by atoms with Crippen LogP contribution in [0, 0.1) is 0 Å². The van der Waals surface area contributed by atoms with Crippen molar-refractivity contribution in [3.8, 4) is 0 Å². The van der Waals surface area contributed by atoms with Crippen molar-refractivity contribution in [2.75, 3.05) is 19.7 Å².